The summed E-state index contributed by atoms with van der Waals surface area (Å²) in [4.78, 5) is 19.0. The zero-order valence-electron chi connectivity index (χ0n) is 17.4. The van der Waals surface area contributed by atoms with Crippen LogP contribution >= 0.6 is 0 Å². The quantitative estimate of drug-likeness (QED) is 0.577. The molecule has 6 heteroatoms. The van der Waals surface area contributed by atoms with Crippen molar-refractivity contribution in [2.75, 3.05) is 28.6 Å². The van der Waals surface area contributed by atoms with Crippen LogP contribution in [0.3, 0.4) is 0 Å². The van der Waals surface area contributed by atoms with E-state index in [9.17, 15) is 4.79 Å². The number of nitrogens with one attached hydrogen (secondary N) is 2. The number of hydrogen-bond donors (Lipinski definition) is 2. The molecule has 0 aliphatic rings. The first kappa shape index (κ1) is 20.9. The van der Waals surface area contributed by atoms with Gasteiger partial charge in [0.1, 0.15) is 5.69 Å². The second kappa shape index (κ2) is 9.57. The molecule has 0 atom stereocenters. The summed E-state index contributed by atoms with van der Waals surface area (Å²) in [6.07, 6.45) is 1.61. The molecule has 0 saturated carbocycles. The second-order valence-electron chi connectivity index (χ2n) is 6.87. The number of benzene rings is 2. The molecule has 1 aromatic heterocycles. The number of carbonyl (C=O) groups excluding carboxylic acids is 1. The van der Waals surface area contributed by atoms with Crippen molar-refractivity contribution in [3.63, 3.8) is 0 Å². The Kier molecular flexibility index (Phi) is 6.66. The molecule has 1 amide bonds. The molecule has 2 N–H and O–H groups in total. The largest absolute Gasteiger partial charge is 0.372 e. The molecule has 0 spiro atoms. The number of rotatable bonds is 7. The fourth-order valence-corrected chi connectivity index (χ4v) is 3.18. The molecule has 0 aliphatic carbocycles. The van der Waals surface area contributed by atoms with Crippen molar-refractivity contribution in [2.24, 2.45) is 0 Å². The molecule has 0 unspecified atom stereocenters. The van der Waals surface area contributed by atoms with E-state index in [0.29, 0.717) is 16.9 Å². The Labute approximate surface area is 177 Å². The van der Waals surface area contributed by atoms with E-state index in [2.05, 4.69) is 65.6 Å². The van der Waals surface area contributed by atoms with Gasteiger partial charge >= 0.3 is 0 Å². The van der Waals surface area contributed by atoms with E-state index >= 15 is 0 Å². The van der Waals surface area contributed by atoms with E-state index in [1.165, 1.54) is 5.69 Å². The van der Waals surface area contributed by atoms with Crippen molar-refractivity contribution >= 4 is 28.7 Å². The number of nitriles is 1. The van der Waals surface area contributed by atoms with Crippen LogP contribution in [0.1, 0.15) is 35.5 Å². The first-order valence-electron chi connectivity index (χ1n) is 9.94. The smallest absolute Gasteiger partial charge is 0.274 e. The molecule has 1 heterocycles. The van der Waals surface area contributed by atoms with E-state index in [1.54, 1.807) is 36.5 Å². The van der Waals surface area contributed by atoms with Gasteiger partial charge < -0.3 is 15.5 Å². The highest BCUT2D eigenvalue weighted by Crippen LogP contribution is 2.26. The molecule has 0 radical (unpaired) electrons. The van der Waals surface area contributed by atoms with Crippen molar-refractivity contribution in [1.82, 2.24) is 4.98 Å². The van der Waals surface area contributed by atoms with E-state index < -0.39 is 0 Å². The minimum atomic E-state index is -0.308. The van der Waals surface area contributed by atoms with Gasteiger partial charge in [-0.1, -0.05) is 0 Å². The van der Waals surface area contributed by atoms with Crippen LogP contribution in [-0.4, -0.2) is 24.0 Å². The van der Waals surface area contributed by atoms with Gasteiger partial charge in [-0.15, -0.1) is 0 Å². The van der Waals surface area contributed by atoms with Gasteiger partial charge in [-0.3, -0.25) is 9.78 Å². The van der Waals surface area contributed by atoms with Crippen LogP contribution in [-0.2, 0) is 0 Å². The van der Waals surface area contributed by atoms with Crippen molar-refractivity contribution in [1.29, 1.82) is 5.26 Å². The Bertz CT molecular complexity index is 1070. The Balaban J connectivity index is 1.73. The van der Waals surface area contributed by atoms with Crippen LogP contribution in [0.4, 0.5) is 22.7 Å². The molecule has 152 valence electrons. The van der Waals surface area contributed by atoms with Gasteiger partial charge in [-0.25, -0.2) is 0 Å². The second-order valence-corrected chi connectivity index (χ2v) is 6.87. The Morgan fingerprint density at radius 1 is 1.03 bits per heavy atom. The number of aromatic nitrogens is 1. The van der Waals surface area contributed by atoms with Crippen molar-refractivity contribution in [3.05, 3.63) is 77.6 Å². The summed E-state index contributed by atoms with van der Waals surface area (Å²) in [6, 6.07) is 18.6. The van der Waals surface area contributed by atoms with Gasteiger partial charge in [0.25, 0.3) is 5.91 Å². The van der Waals surface area contributed by atoms with E-state index in [4.69, 9.17) is 5.26 Å². The summed E-state index contributed by atoms with van der Waals surface area (Å²) >= 11 is 0. The predicted octanol–water partition coefficient (Wildman–Crippen LogP) is 5.10. The van der Waals surface area contributed by atoms with Gasteiger partial charge in [0.2, 0.25) is 0 Å². The SMILES string of the molecule is CCN(CC)c1ccc(Nc2ccnc(C(=O)Nc3ccc(C#N)cc3)c2)c(C)c1. The molecular weight excluding hydrogens is 374 g/mol. The number of carbonyl (C=O) groups is 1. The molecule has 0 bridgehead atoms. The van der Waals surface area contributed by atoms with Crippen LogP contribution in [0.5, 0.6) is 0 Å². The zero-order valence-corrected chi connectivity index (χ0v) is 17.4. The lowest BCUT2D eigenvalue weighted by molar-refractivity contribution is 0.102. The summed E-state index contributed by atoms with van der Waals surface area (Å²) in [5.41, 5.74) is 5.55. The minimum Gasteiger partial charge on any atom is -0.372 e. The third-order valence-corrected chi connectivity index (χ3v) is 4.88. The third kappa shape index (κ3) is 4.95. The van der Waals surface area contributed by atoms with Gasteiger partial charge in [-0.05, 0) is 80.9 Å². The topological polar surface area (TPSA) is 81.1 Å². The zero-order chi connectivity index (χ0) is 21.5. The lowest BCUT2D eigenvalue weighted by Gasteiger charge is -2.22. The first-order chi connectivity index (χ1) is 14.5. The van der Waals surface area contributed by atoms with Gasteiger partial charge in [0.05, 0.1) is 11.6 Å². The van der Waals surface area contributed by atoms with Gasteiger partial charge in [-0.2, -0.15) is 5.26 Å². The number of hydrogen-bond acceptors (Lipinski definition) is 5. The number of pyridine rings is 1. The number of nitrogens with zero attached hydrogens (tertiary/aromatic N) is 3. The van der Waals surface area contributed by atoms with Crippen molar-refractivity contribution in [3.8, 4) is 6.07 Å². The van der Waals surface area contributed by atoms with Crippen LogP contribution in [0, 0.1) is 18.3 Å². The number of amides is 1. The maximum atomic E-state index is 12.6. The molecule has 0 saturated heterocycles. The number of aryl methyl sites for hydroxylation is 1. The van der Waals surface area contributed by atoms with Crippen LogP contribution in [0.25, 0.3) is 0 Å². The predicted molar refractivity (Wildman–Crippen MR) is 121 cm³/mol. The molecule has 0 fully saturated rings. The highest BCUT2D eigenvalue weighted by molar-refractivity contribution is 6.03. The summed E-state index contributed by atoms with van der Waals surface area (Å²) in [5.74, 6) is -0.308. The van der Waals surface area contributed by atoms with E-state index in [-0.39, 0.29) is 5.91 Å². The average molecular weight is 399 g/mol. The molecule has 30 heavy (non-hydrogen) atoms. The number of anilines is 4. The fourth-order valence-electron chi connectivity index (χ4n) is 3.18. The van der Waals surface area contributed by atoms with Crippen molar-refractivity contribution in [2.45, 2.75) is 20.8 Å². The molecule has 3 aromatic rings. The summed E-state index contributed by atoms with van der Waals surface area (Å²) in [6.45, 7) is 8.28. The Hall–Kier alpha value is -3.85. The highest BCUT2D eigenvalue weighted by atomic mass is 16.1. The van der Waals surface area contributed by atoms with Gasteiger partial charge in [0, 0.05) is 42.0 Å². The van der Waals surface area contributed by atoms with Gasteiger partial charge in [0.15, 0.2) is 0 Å². The van der Waals surface area contributed by atoms with Crippen LogP contribution in [0.15, 0.2) is 60.8 Å². The lowest BCUT2D eigenvalue weighted by atomic mass is 10.1. The van der Waals surface area contributed by atoms with Crippen molar-refractivity contribution < 1.29 is 4.79 Å². The molecule has 0 aliphatic heterocycles. The minimum absolute atomic E-state index is 0.307. The standard InChI is InChI=1S/C24H25N5O/c1-4-29(5-2)21-10-11-22(17(3)14-21)27-20-12-13-26-23(15-20)24(30)28-19-8-6-18(16-25)7-9-19/h6-15H,4-5H2,1-3H3,(H,26,27)(H,28,30). The molecular formula is C24H25N5O. The molecule has 6 nitrogen and oxygen atoms in total. The van der Waals surface area contributed by atoms with E-state index in [1.807, 2.05) is 6.07 Å². The lowest BCUT2D eigenvalue weighted by Crippen LogP contribution is -2.21. The maximum Gasteiger partial charge on any atom is 0.274 e. The first-order valence-corrected chi connectivity index (χ1v) is 9.94. The summed E-state index contributed by atoms with van der Waals surface area (Å²) < 4.78 is 0. The normalized spacial score (nSPS) is 10.2. The summed E-state index contributed by atoms with van der Waals surface area (Å²) in [7, 11) is 0. The fraction of sp³-hybridized carbons (Fsp3) is 0.208. The highest BCUT2D eigenvalue weighted by Gasteiger charge is 2.10. The monoisotopic (exact) mass is 399 g/mol. The molecule has 2 aromatic carbocycles. The summed E-state index contributed by atoms with van der Waals surface area (Å²) in [5, 5.41) is 15.0. The Morgan fingerprint density at radius 3 is 2.40 bits per heavy atom. The Morgan fingerprint density at radius 2 is 1.77 bits per heavy atom. The molecule has 3 rings (SSSR count). The van der Waals surface area contributed by atoms with Crippen LogP contribution < -0.4 is 15.5 Å². The average Bonchev–Trinajstić information content (AvgIpc) is 2.77. The van der Waals surface area contributed by atoms with E-state index in [0.717, 1.165) is 30.0 Å². The van der Waals surface area contributed by atoms with Crippen LogP contribution in [0.2, 0.25) is 0 Å². The maximum absolute atomic E-state index is 12.6. The third-order valence-electron chi connectivity index (χ3n) is 4.88.